The van der Waals surface area contributed by atoms with Crippen LogP contribution in [-0.2, 0) is 22.5 Å². The zero-order chi connectivity index (χ0) is 22.8. The van der Waals surface area contributed by atoms with Crippen molar-refractivity contribution in [3.8, 4) is 0 Å². The molecule has 7 nitrogen and oxygen atoms in total. The van der Waals surface area contributed by atoms with Gasteiger partial charge in [-0.15, -0.1) is 0 Å². The molecule has 0 aliphatic carbocycles. The van der Waals surface area contributed by atoms with E-state index in [0.29, 0.717) is 16.6 Å². The largest absolute Gasteiger partial charge is 0.380 e. The van der Waals surface area contributed by atoms with Crippen molar-refractivity contribution >= 4 is 39.2 Å². The molecule has 0 spiro atoms. The van der Waals surface area contributed by atoms with Crippen molar-refractivity contribution < 1.29 is 18.7 Å². The first-order valence-corrected chi connectivity index (χ1v) is 11.3. The van der Waals surface area contributed by atoms with Gasteiger partial charge in [0.15, 0.2) is 0 Å². The van der Waals surface area contributed by atoms with Crippen molar-refractivity contribution in [2.75, 3.05) is 37.9 Å². The Bertz CT molecular complexity index is 1030. The minimum absolute atomic E-state index is 0.253. The van der Waals surface area contributed by atoms with E-state index < -0.39 is 17.9 Å². The van der Waals surface area contributed by atoms with Gasteiger partial charge in [0.05, 0.1) is 10.6 Å². The van der Waals surface area contributed by atoms with Crippen LogP contribution in [0, 0.1) is 5.82 Å². The molecule has 4 rings (SSSR count). The van der Waals surface area contributed by atoms with Gasteiger partial charge in [-0.05, 0) is 70.9 Å². The maximum Gasteiger partial charge on any atom is 0.322 e. The number of benzene rings is 2. The highest BCUT2D eigenvalue weighted by Gasteiger charge is 2.40. The molecule has 2 aromatic carbocycles. The molecule has 32 heavy (non-hydrogen) atoms. The molecule has 0 radical (unpaired) electrons. The zero-order valence-electron chi connectivity index (χ0n) is 18.0. The van der Waals surface area contributed by atoms with Crippen LogP contribution in [-0.4, -0.2) is 61.1 Å². The Labute approximate surface area is 195 Å². The van der Waals surface area contributed by atoms with Gasteiger partial charge in [0, 0.05) is 44.5 Å². The molecule has 2 unspecified atom stereocenters. The first kappa shape index (κ1) is 22.7. The highest BCUT2D eigenvalue weighted by molar-refractivity contribution is 9.10. The molecule has 2 aliphatic rings. The molecule has 2 aliphatic heterocycles. The van der Waals surface area contributed by atoms with Crippen molar-refractivity contribution in [2.45, 2.75) is 31.5 Å². The van der Waals surface area contributed by atoms with Crippen LogP contribution in [0.25, 0.3) is 0 Å². The standard InChI is InChI=1S/C23H26BrFN4O3/c1-28-8-7-14-9-16(4-3-15(14)12-28)26-22(30)21-11-18(32-2)13-29(21)23(31)27-17-5-6-19(24)20(25)10-17/h3-6,9-10,18,21H,7-8,11-13H2,1-2H3,(H,26,30)(H,27,31). The topological polar surface area (TPSA) is 73.9 Å². The van der Waals surface area contributed by atoms with Gasteiger partial charge in [-0.2, -0.15) is 0 Å². The Morgan fingerprint density at radius 2 is 1.88 bits per heavy atom. The highest BCUT2D eigenvalue weighted by atomic mass is 79.9. The second-order valence-electron chi connectivity index (χ2n) is 8.28. The molecule has 9 heteroatoms. The van der Waals surface area contributed by atoms with Gasteiger partial charge >= 0.3 is 6.03 Å². The van der Waals surface area contributed by atoms with E-state index in [4.69, 9.17) is 4.74 Å². The van der Waals surface area contributed by atoms with E-state index in [1.807, 2.05) is 18.2 Å². The van der Waals surface area contributed by atoms with Crippen LogP contribution >= 0.6 is 15.9 Å². The average Bonchev–Trinajstić information content (AvgIpc) is 3.21. The lowest BCUT2D eigenvalue weighted by atomic mass is 9.99. The normalized spacial score (nSPS) is 20.7. The van der Waals surface area contributed by atoms with E-state index in [0.717, 1.165) is 25.2 Å². The average molecular weight is 505 g/mol. The Morgan fingerprint density at radius 1 is 1.12 bits per heavy atom. The lowest BCUT2D eigenvalue weighted by Crippen LogP contribution is -2.45. The lowest BCUT2D eigenvalue weighted by molar-refractivity contribution is -0.119. The lowest BCUT2D eigenvalue weighted by Gasteiger charge is -2.26. The molecule has 0 saturated carbocycles. The van der Waals surface area contributed by atoms with Gasteiger partial charge in [-0.3, -0.25) is 4.79 Å². The third-order valence-corrected chi connectivity index (χ3v) is 6.65. The zero-order valence-corrected chi connectivity index (χ0v) is 19.6. The fourth-order valence-corrected chi connectivity index (χ4v) is 4.45. The summed E-state index contributed by atoms with van der Waals surface area (Å²) in [7, 11) is 3.65. The number of rotatable bonds is 4. The maximum absolute atomic E-state index is 13.8. The van der Waals surface area contributed by atoms with Crippen LogP contribution in [0.5, 0.6) is 0 Å². The van der Waals surface area contributed by atoms with Gasteiger partial charge in [0.25, 0.3) is 0 Å². The maximum atomic E-state index is 13.8. The van der Waals surface area contributed by atoms with E-state index in [1.165, 1.54) is 28.2 Å². The van der Waals surface area contributed by atoms with E-state index in [9.17, 15) is 14.0 Å². The number of likely N-dealkylation sites (N-methyl/N-ethyl adjacent to an activating group) is 1. The van der Waals surface area contributed by atoms with Crippen molar-refractivity contribution in [1.82, 2.24) is 9.80 Å². The van der Waals surface area contributed by atoms with E-state index in [1.54, 1.807) is 13.2 Å². The van der Waals surface area contributed by atoms with Gasteiger partial charge in [-0.25, -0.2) is 9.18 Å². The molecule has 2 aromatic rings. The van der Waals surface area contributed by atoms with Crippen LogP contribution in [0.1, 0.15) is 17.5 Å². The van der Waals surface area contributed by atoms with Crippen molar-refractivity contribution in [1.29, 1.82) is 0 Å². The molecule has 1 fully saturated rings. The summed E-state index contributed by atoms with van der Waals surface area (Å²) in [5.74, 6) is -0.749. The van der Waals surface area contributed by atoms with Gasteiger partial charge in [-0.1, -0.05) is 6.07 Å². The van der Waals surface area contributed by atoms with E-state index in [-0.39, 0.29) is 18.6 Å². The number of ether oxygens (including phenoxy) is 1. The molecular weight excluding hydrogens is 479 g/mol. The predicted octanol–water partition coefficient (Wildman–Crippen LogP) is 3.84. The van der Waals surface area contributed by atoms with Crippen LogP contribution < -0.4 is 10.6 Å². The first-order valence-electron chi connectivity index (χ1n) is 10.5. The van der Waals surface area contributed by atoms with Gasteiger partial charge < -0.3 is 25.2 Å². The van der Waals surface area contributed by atoms with E-state index in [2.05, 4.69) is 38.5 Å². The number of halogens is 2. The van der Waals surface area contributed by atoms with Crippen LogP contribution in [0.15, 0.2) is 40.9 Å². The molecule has 2 heterocycles. The second kappa shape index (κ2) is 9.56. The molecule has 3 amide bonds. The summed E-state index contributed by atoms with van der Waals surface area (Å²) in [6.07, 6.45) is 1.07. The summed E-state index contributed by atoms with van der Waals surface area (Å²) < 4.78 is 19.5. The van der Waals surface area contributed by atoms with Crippen molar-refractivity contribution in [3.05, 3.63) is 57.8 Å². The molecule has 2 N–H and O–H groups in total. The SMILES string of the molecule is COC1CC(C(=O)Nc2ccc3c(c2)CCN(C)C3)N(C(=O)Nc2ccc(Br)c(F)c2)C1. The number of fused-ring (bicyclic) bond motifs is 1. The molecule has 1 saturated heterocycles. The summed E-state index contributed by atoms with van der Waals surface area (Å²) in [4.78, 5) is 29.7. The fourth-order valence-electron chi connectivity index (χ4n) is 4.21. The third kappa shape index (κ3) is 4.95. The molecule has 0 aromatic heterocycles. The summed E-state index contributed by atoms with van der Waals surface area (Å²) in [6, 6.07) is 9.12. The molecular formula is C23H26BrFN4O3. The number of hydrogen-bond donors (Lipinski definition) is 2. The number of carbonyl (C=O) groups is 2. The number of hydrogen-bond acceptors (Lipinski definition) is 4. The molecule has 0 bridgehead atoms. The number of anilines is 2. The summed E-state index contributed by atoms with van der Waals surface area (Å²) in [6.45, 7) is 2.15. The number of amides is 3. The molecule has 170 valence electrons. The quantitative estimate of drug-likeness (QED) is 0.663. The molecule has 2 atom stereocenters. The van der Waals surface area contributed by atoms with Gasteiger partial charge in [0.2, 0.25) is 5.91 Å². The van der Waals surface area contributed by atoms with Crippen LogP contribution in [0.4, 0.5) is 20.6 Å². The monoisotopic (exact) mass is 504 g/mol. The summed E-state index contributed by atoms with van der Waals surface area (Å²) in [5.41, 5.74) is 3.53. The van der Waals surface area contributed by atoms with Crippen molar-refractivity contribution in [3.63, 3.8) is 0 Å². The van der Waals surface area contributed by atoms with E-state index >= 15 is 0 Å². The first-order chi connectivity index (χ1) is 15.3. The van der Waals surface area contributed by atoms with Crippen LogP contribution in [0.3, 0.4) is 0 Å². The Morgan fingerprint density at radius 3 is 2.62 bits per heavy atom. The highest BCUT2D eigenvalue weighted by Crippen LogP contribution is 2.26. The smallest absolute Gasteiger partial charge is 0.322 e. The van der Waals surface area contributed by atoms with Gasteiger partial charge in [0.1, 0.15) is 11.9 Å². The number of likely N-dealkylation sites (tertiary alicyclic amines) is 1. The Kier molecular flexibility index (Phi) is 6.78. The van der Waals surface area contributed by atoms with Crippen LogP contribution in [0.2, 0.25) is 0 Å². The second-order valence-corrected chi connectivity index (χ2v) is 9.14. The third-order valence-electron chi connectivity index (χ3n) is 6.01. The number of nitrogens with one attached hydrogen (secondary N) is 2. The van der Waals surface area contributed by atoms with Crippen molar-refractivity contribution in [2.24, 2.45) is 0 Å². The Hall–Kier alpha value is -2.49. The summed E-state index contributed by atoms with van der Waals surface area (Å²) >= 11 is 3.10. The fraction of sp³-hybridized carbons (Fsp3) is 0.391. The number of nitrogens with zero attached hydrogens (tertiary/aromatic N) is 2. The number of methoxy groups -OCH3 is 1. The summed E-state index contributed by atoms with van der Waals surface area (Å²) in [5, 5.41) is 5.64. The Balaban J connectivity index is 1.47. The predicted molar refractivity (Wildman–Crippen MR) is 124 cm³/mol. The minimum Gasteiger partial charge on any atom is -0.380 e. The minimum atomic E-state index is -0.692. The number of carbonyl (C=O) groups excluding carboxylic acids is 2. The number of urea groups is 1.